The quantitative estimate of drug-likeness (QED) is 0.598. The zero-order valence-electron chi connectivity index (χ0n) is 9.85. The lowest BCUT2D eigenvalue weighted by Gasteiger charge is -2.06. The van der Waals surface area contributed by atoms with E-state index in [0.717, 1.165) is 12.8 Å². The standard InChI is InChI=1S/C12H17NO3S/c1-3-4-5-10-13-17(14,15)12-8-6-11(16-2)7-9-12/h3,6-9,13H,1,4-5,10H2,2H3. The van der Waals surface area contributed by atoms with E-state index < -0.39 is 10.0 Å². The second kappa shape index (κ2) is 6.42. The number of benzene rings is 1. The van der Waals surface area contributed by atoms with Crippen LogP contribution in [0.5, 0.6) is 5.75 Å². The summed E-state index contributed by atoms with van der Waals surface area (Å²) in [6.45, 7) is 4.00. The molecule has 0 bridgehead atoms. The van der Waals surface area contributed by atoms with Gasteiger partial charge in [0, 0.05) is 6.54 Å². The fourth-order valence-corrected chi connectivity index (χ4v) is 2.37. The van der Waals surface area contributed by atoms with E-state index in [1.807, 2.05) is 0 Å². The van der Waals surface area contributed by atoms with Gasteiger partial charge in [0.1, 0.15) is 5.75 Å². The Balaban J connectivity index is 2.65. The van der Waals surface area contributed by atoms with Crippen LogP contribution < -0.4 is 9.46 Å². The molecule has 17 heavy (non-hydrogen) atoms. The highest BCUT2D eigenvalue weighted by molar-refractivity contribution is 7.89. The number of methoxy groups -OCH3 is 1. The van der Waals surface area contributed by atoms with E-state index in [4.69, 9.17) is 4.74 Å². The molecule has 0 atom stereocenters. The number of allylic oxidation sites excluding steroid dienone is 1. The summed E-state index contributed by atoms with van der Waals surface area (Å²) in [6.07, 6.45) is 3.31. The minimum Gasteiger partial charge on any atom is -0.497 e. The number of unbranched alkanes of at least 4 members (excludes halogenated alkanes) is 1. The van der Waals surface area contributed by atoms with Gasteiger partial charge in [-0.15, -0.1) is 6.58 Å². The fourth-order valence-electron chi connectivity index (χ4n) is 1.29. The summed E-state index contributed by atoms with van der Waals surface area (Å²) >= 11 is 0. The molecule has 0 spiro atoms. The largest absolute Gasteiger partial charge is 0.497 e. The first-order valence-electron chi connectivity index (χ1n) is 5.35. The molecule has 4 nitrogen and oxygen atoms in total. The number of ether oxygens (including phenoxy) is 1. The van der Waals surface area contributed by atoms with E-state index in [-0.39, 0.29) is 4.90 Å². The van der Waals surface area contributed by atoms with Crippen molar-refractivity contribution in [2.45, 2.75) is 17.7 Å². The van der Waals surface area contributed by atoms with Gasteiger partial charge in [0.2, 0.25) is 10.0 Å². The average Bonchev–Trinajstić information content (AvgIpc) is 2.35. The van der Waals surface area contributed by atoms with E-state index in [0.29, 0.717) is 12.3 Å². The number of hydrogen-bond donors (Lipinski definition) is 1. The van der Waals surface area contributed by atoms with Crippen molar-refractivity contribution < 1.29 is 13.2 Å². The SMILES string of the molecule is C=CCCCNS(=O)(=O)c1ccc(OC)cc1. The van der Waals surface area contributed by atoms with Crippen molar-refractivity contribution in [2.75, 3.05) is 13.7 Å². The molecule has 1 aromatic rings. The van der Waals surface area contributed by atoms with Crippen molar-refractivity contribution in [3.8, 4) is 5.75 Å². The first-order chi connectivity index (χ1) is 8.10. The summed E-state index contributed by atoms with van der Waals surface area (Å²) in [7, 11) is -1.87. The summed E-state index contributed by atoms with van der Waals surface area (Å²) in [5, 5.41) is 0. The van der Waals surface area contributed by atoms with Gasteiger partial charge >= 0.3 is 0 Å². The molecule has 94 valence electrons. The van der Waals surface area contributed by atoms with E-state index in [1.165, 1.54) is 19.2 Å². The number of hydrogen-bond acceptors (Lipinski definition) is 3. The molecule has 1 aromatic carbocycles. The third-order valence-electron chi connectivity index (χ3n) is 2.25. The zero-order chi connectivity index (χ0) is 12.7. The first-order valence-corrected chi connectivity index (χ1v) is 6.83. The second-order valence-corrected chi connectivity index (χ2v) is 5.27. The molecule has 0 aliphatic carbocycles. The Morgan fingerprint density at radius 2 is 2.00 bits per heavy atom. The Labute approximate surface area is 102 Å². The van der Waals surface area contributed by atoms with Crippen molar-refractivity contribution in [1.29, 1.82) is 0 Å². The van der Waals surface area contributed by atoms with Crippen LogP contribution in [-0.2, 0) is 10.0 Å². The number of sulfonamides is 1. The highest BCUT2D eigenvalue weighted by Gasteiger charge is 2.12. The molecule has 0 radical (unpaired) electrons. The van der Waals surface area contributed by atoms with Crippen LogP contribution >= 0.6 is 0 Å². The van der Waals surface area contributed by atoms with E-state index in [1.54, 1.807) is 18.2 Å². The normalized spacial score (nSPS) is 11.1. The van der Waals surface area contributed by atoms with Crippen molar-refractivity contribution in [2.24, 2.45) is 0 Å². The van der Waals surface area contributed by atoms with Gasteiger partial charge in [0.25, 0.3) is 0 Å². The monoisotopic (exact) mass is 255 g/mol. The van der Waals surface area contributed by atoms with Gasteiger partial charge < -0.3 is 4.74 Å². The van der Waals surface area contributed by atoms with Gasteiger partial charge in [0.05, 0.1) is 12.0 Å². The van der Waals surface area contributed by atoms with E-state index in [9.17, 15) is 8.42 Å². The predicted octanol–water partition coefficient (Wildman–Crippen LogP) is 1.94. The maximum atomic E-state index is 11.8. The molecule has 0 amide bonds. The van der Waals surface area contributed by atoms with Crippen molar-refractivity contribution >= 4 is 10.0 Å². The second-order valence-electron chi connectivity index (χ2n) is 3.50. The number of rotatable bonds is 7. The van der Waals surface area contributed by atoms with Crippen LogP contribution in [0, 0.1) is 0 Å². The lowest BCUT2D eigenvalue weighted by Crippen LogP contribution is -2.24. The summed E-state index contributed by atoms with van der Waals surface area (Å²) in [5.41, 5.74) is 0. The lowest BCUT2D eigenvalue weighted by molar-refractivity contribution is 0.414. The molecule has 0 fully saturated rings. The van der Waals surface area contributed by atoms with E-state index >= 15 is 0 Å². The highest BCUT2D eigenvalue weighted by atomic mass is 32.2. The molecule has 0 unspecified atom stereocenters. The van der Waals surface area contributed by atoms with Crippen LogP contribution in [0.4, 0.5) is 0 Å². The summed E-state index contributed by atoms with van der Waals surface area (Å²) in [6, 6.07) is 6.29. The van der Waals surface area contributed by atoms with Gasteiger partial charge in [-0.1, -0.05) is 6.08 Å². The molecule has 0 aliphatic heterocycles. The zero-order valence-corrected chi connectivity index (χ0v) is 10.7. The molecule has 0 saturated heterocycles. The smallest absolute Gasteiger partial charge is 0.240 e. The Kier molecular flexibility index (Phi) is 5.18. The average molecular weight is 255 g/mol. The van der Waals surface area contributed by atoms with Gasteiger partial charge in [-0.2, -0.15) is 0 Å². The molecular formula is C12H17NO3S. The van der Waals surface area contributed by atoms with Crippen LogP contribution in [0.1, 0.15) is 12.8 Å². The molecule has 1 rings (SSSR count). The van der Waals surface area contributed by atoms with Crippen LogP contribution in [0.15, 0.2) is 41.8 Å². The number of nitrogens with one attached hydrogen (secondary N) is 1. The molecule has 5 heteroatoms. The third kappa shape index (κ3) is 4.20. The van der Waals surface area contributed by atoms with Crippen molar-refractivity contribution in [1.82, 2.24) is 4.72 Å². The molecular weight excluding hydrogens is 238 g/mol. The van der Waals surface area contributed by atoms with Gasteiger partial charge in [0.15, 0.2) is 0 Å². The third-order valence-corrected chi connectivity index (χ3v) is 3.72. The molecule has 0 aromatic heterocycles. The Hall–Kier alpha value is -1.33. The maximum absolute atomic E-state index is 11.8. The van der Waals surface area contributed by atoms with Crippen molar-refractivity contribution in [3.05, 3.63) is 36.9 Å². The van der Waals surface area contributed by atoms with Crippen LogP contribution in [0.3, 0.4) is 0 Å². The molecule has 0 heterocycles. The molecule has 1 N–H and O–H groups in total. The highest BCUT2D eigenvalue weighted by Crippen LogP contribution is 2.15. The Morgan fingerprint density at radius 1 is 1.35 bits per heavy atom. The summed E-state index contributed by atoms with van der Waals surface area (Å²) in [4.78, 5) is 0.247. The van der Waals surface area contributed by atoms with E-state index in [2.05, 4.69) is 11.3 Å². The minimum atomic E-state index is -3.41. The summed E-state index contributed by atoms with van der Waals surface area (Å²) in [5.74, 6) is 0.635. The Morgan fingerprint density at radius 3 is 2.53 bits per heavy atom. The molecule has 0 aliphatic rings. The minimum absolute atomic E-state index is 0.247. The van der Waals surface area contributed by atoms with Crippen LogP contribution in [-0.4, -0.2) is 22.1 Å². The molecule has 0 saturated carbocycles. The van der Waals surface area contributed by atoms with Gasteiger partial charge in [-0.05, 0) is 37.1 Å². The van der Waals surface area contributed by atoms with Crippen LogP contribution in [0.2, 0.25) is 0 Å². The first kappa shape index (κ1) is 13.7. The van der Waals surface area contributed by atoms with Crippen molar-refractivity contribution in [3.63, 3.8) is 0 Å². The van der Waals surface area contributed by atoms with Crippen LogP contribution in [0.25, 0.3) is 0 Å². The predicted molar refractivity (Wildman–Crippen MR) is 67.6 cm³/mol. The van der Waals surface area contributed by atoms with Gasteiger partial charge in [-0.3, -0.25) is 0 Å². The van der Waals surface area contributed by atoms with Gasteiger partial charge in [-0.25, -0.2) is 13.1 Å². The Bertz CT molecular complexity index is 451. The fraction of sp³-hybridized carbons (Fsp3) is 0.333. The topological polar surface area (TPSA) is 55.4 Å². The maximum Gasteiger partial charge on any atom is 0.240 e. The lowest BCUT2D eigenvalue weighted by atomic mass is 10.3. The summed E-state index contributed by atoms with van der Waals surface area (Å²) < 4.78 is 31.1.